The molecule has 0 saturated carbocycles. The third kappa shape index (κ3) is 5.86. The summed E-state index contributed by atoms with van der Waals surface area (Å²) in [5.74, 6) is -0.533. The maximum atomic E-state index is 14.5. The van der Waals surface area contributed by atoms with E-state index in [1.165, 1.54) is 12.1 Å². The molecule has 0 aliphatic carbocycles. The van der Waals surface area contributed by atoms with Gasteiger partial charge in [-0.1, -0.05) is 41.9 Å². The van der Waals surface area contributed by atoms with Gasteiger partial charge < -0.3 is 4.74 Å². The molecule has 0 radical (unpaired) electrons. The van der Waals surface area contributed by atoms with Crippen LogP contribution in [0.3, 0.4) is 0 Å². The van der Waals surface area contributed by atoms with Crippen molar-refractivity contribution in [2.24, 2.45) is 0 Å². The molecule has 1 aliphatic heterocycles. The lowest BCUT2D eigenvalue weighted by atomic mass is 9.97. The number of ether oxygens (including phenoxy) is 1. The number of halogens is 5. The molecule has 2 N–H and O–H groups in total. The lowest BCUT2D eigenvalue weighted by Crippen LogP contribution is -2.45. The molecule has 214 valence electrons. The van der Waals surface area contributed by atoms with Crippen molar-refractivity contribution in [1.29, 1.82) is 0 Å². The smallest absolute Gasteiger partial charge is 0.416 e. The molecule has 0 fully saturated rings. The summed E-state index contributed by atoms with van der Waals surface area (Å²) >= 11 is 6.19. The molecule has 1 atom stereocenters. The summed E-state index contributed by atoms with van der Waals surface area (Å²) < 4.78 is 89.0. The molecule has 4 aromatic rings. The Morgan fingerprint density at radius 2 is 1.90 bits per heavy atom. The first-order valence-corrected chi connectivity index (χ1v) is 13.9. The SMILES string of the molecule is C/C(=C\c1ccc2c(c1)N(S(=O)(=O)c1cccc(C(F)(F)F)c1)CC(Oc1n[nH]c(=O)[nH]1)C2)c1c(F)cccc1Cl. The van der Waals surface area contributed by atoms with Crippen molar-refractivity contribution in [3.63, 3.8) is 0 Å². The molecule has 1 aromatic heterocycles. The molecule has 2 heterocycles. The van der Waals surface area contributed by atoms with Gasteiger partial charge in [-0.05, 0) is 60.0 Å². The van der Waals surface area contributed by atoms with Gasteiger partial charge in [-0.15, -0.1) is 5.10 Å². The first kappa shape index (κ1) is 28.4. The predicted molar refractivity (Wildman–Crippen MR) is 145 cm³/mol. The van der Waals surface area contributed by atoms with E-state index in [1.54, 1.807) is 37.3 Å². The number of allylic oxidation sites excluding steroid dienone is 1. The summed E-state index contributed by atoms with van der Waals surface area (Å²) in [7, 11) is -4.54. The number of anilines is 1. The second-order valence-corrected chi connectivity index (χ2v) is 11.6. The fraction of sp³-hybridized carbons (Fsp3) is 0.185. The second kappa shape index (κ2) is 10.7. The monoisotopic (exact) mass is 608 g/mol. The van der Waals surface area contributed by atoms with Crippen molar-refractivity contribution < 1.29 is 30.7 Å². The van der Waals surface area contributed by atoms with Crippen LogP contribution in [-0.2, 0) is 22.6 Å². The Morgan fingerprint density at radius 1 is 1.15 bits per heavy atom. The highest BCUT2D eigenvalue weighted by Gasteiger charge is 2.37. The number of nitrogens with zero attached hydrogens (tertiary/aromatic N) is 2. The van der Waals surface area contributed by atoms with Crippen LogP contribution in [0.15, 0.2) is 70.4 Å². The number of rotatable bonds is 6. The Kier molecular flexibility index (Phi) is 7.43. The minimum atomic E-state index is -4.76. The number of nitrogens with one attached hydrogen (secondary N) is 2. The Morgan fingerprint density at radius 3 is 2.59 bits per heavy atom. The second-order valence-electron chi connectivity index (χ2n) is 9.30. The minimum Gasteiger partial charge on any atom is -0.458 e. The number of alkyl halides is 3. The van der Waals surface area contributed by atoms with Gasteiger partial charge in [-0.2, -0.15) is 13.2 Å². The Balaban J connectivity index is 1.59. The van der Waals surface area contributed by atoms with Crippen LogP contribution >= 0.6 is 11.6 Å². The number of hydrogen-bond acceptors (Lipinski definition) is 5. The normalized spacial score (nSPS) is 16.0. The highest BCUT2D eigenvalue weighted by molar-refractivity contribution is 7.92. The van der Waals surface area contributed by atoms with Crippen molar-refractivity contribution >= 4 is 39.0 Å². The van der Waals surface area contributed by atoms with E-state index in [2.05, 4.69) is 15.2 Å². The number of benzene rings is 3. The molecule has 0 spiro atoms. The molecule has 0 bridgehead atoms. The van der Waals surface area contributed by atoms with E-state index in [-0.39, 0.29) is 35.2 Å². The maximum Gasteiger partial charge on any atom is 0.416 e. The van der Waals surface area contributed by atoms with Crippen LogP contribution in [0.2, 0.25) is 5.02 Å². The van der Waals surface area contributed by atoms with Gasteiger partial charge in [-0.25, -0.2) is 22.7 Å². The number of hydrogen-bond donors (Lipinski definition) is 2. The Bertz CT molecular complexity index is 1800. The zero-order chi connectivity index (χ0) is 29.5. The standard InChI is InChI=1S/C27H21ClF4N4O4S/c1-15(24-21(28)6-3-7-22(24)29)10-16-8-9-17-12-19(40-26-33-25(37)34-35-26)14-36(23(17)11-16)41(38,39)20-5-2-4-18(13-20)27(30,31)32/h2-11,13,19H,12,14H2,1H3,(H2,33,34,35,37)/b15-10+. The highest BCUT2D eigenvalue weighted by atomic mass is 35.5. The van der Waals surface area contributed by atoms with Gasteiger partial charge >= 0.3 is 17.9 Å². The van der Waals surface area contributed by atoms with Crippen LogP contribution in [0.4, 0.5) is 23.2 Å². The molecular formula is C27H21ClF4N4O4S. The van der Waals surface area contributed by atoms with Gasteiger partial charge in [0.25, 0.3) is 10.0 Å². The van der Waals surface area contributed by atoms with E-state index >= 15 is 0 Å². The largest absolute Gasteiger partial charge is 0.458 e. The summed E-state index contributed by atoms with van der Waals surface area (Å²) in [6.45, 7) is 1.35. The summed E-state index contributed by atoms with van der Waals surface area (Å²) in [4.78, 5) is 13.2. The quantitative estimate of drug-likeness (QED) is 0.217. The summed E-state index contributed by atoms with van der Waals surface area (Å²) in [6.07, 6.45) is -3.79. The Labute approximate surface area is 236 Å². The van der Waals surface area contributed by atoms with Crippen LogP contribution in [-0.4, -0.2) is 36.2 Å². The van der Waals surface area contributed by atoms with Crippen molar-refractivity contribution in [2.75, 3.05) is 10.8 Å². The predicted octanol–water partition coefficient (Wildman–Crippen LogP) is 5.67. The van der Waals surface area contributed by atoms with Crippen molar-refractivity contribution in [2.45, 2.75) is 30.5 Å². The van der Waals surface area contributed by atoms with Crippen LogP contribution in [0.25, 0.3) is 11.6 Å². The van der Waals surface area contributed by atoms with Crippen molar-refractivity contribution in [3.05, 3.63) is 104 Å². The summed E-state index contributed by atoms with van der Waals surface area (Å²) in [5, 5.41) is 6.02. The highest BCUT2D eigenvalue weighted by Crippen LogP contribution is 2.37. The average molecular weight is 609 g/mol. The first-order valence-electron chi connectivity index (χ1n) is 12.1. The zero-order valence-electron chi connectivity index (χ0n) is 21.2. The summed E-state index contributed by atoms with van der Waals surface area (Å²) in [5.41, 5.74) is 0.119. The average Bonchev–Trinajstić information content (AvgIpc) is 3.32. The minimum absolute atomic E-state index is 0.170. The maximum absolute atomic E-state index is 14.5. The number of sulfonamides is 1. The molecule has 0 amide bonds. The lowest BCUT2D eigenvalue weighted by molar-refractivity contribution is -0.137. The van der Waals surface area contributed by atoms with E-state index < -0.39 is 44.3 Å². The fourth-order valence-corrected chi connectivity index (χ4v) is 6.48. The first-order chi connectivity index (χ1) is 19.3. The zero-order valence-corrected chi connectivity index (χ0v) is 22.7. The third-order valence-corrected chi connectivity index (χ3v) is 8.53. The van der Waals surface area contributed by atoms with Gasteiger partial charge in [-0.3, -0.25) is 9.29 Å². The number of fused-ring (bicyclic) bond motifs is 1. The van der Waals surface area contributed by atoms with Gasteiger partial charge in [0.15, 0.2) is 0 Å². The van der Waals surface area contributed by atoms with E-state index in [9.17, 15) is 30.8 Å². The third-order valence-electron chi connectivity index (χ3n) is 6.44. The molecule has 3 aromatic carbocycles. The van der Waals surface area contributed by atoms with E-state index in [4.69, 9.17) is 16.3 Å². The topological polar surface area (TPSA) is 108 Å². The van der Waals surface area contributed by atoms with Crippen LogP contribution in [0.5, 0.6) is 6.01 Å². The lowest BCUT2D eigenvalue weighted by Gasteiger charge is -2.35. The molecule has 5 rings (SSSR count). The molecule has 1 aliphatic rings. The van der Waals surface area contributed by atoms with Crippen LogP contribution < -0.4 is 14.7 Å². The van der Waals surface area contributed by atoms with E-state index in [0.29, 0.717) is 22.8 Å². The Hall–Kier alpha value is -4.10. The number of aromatic amines is 2. The number of aromatic nitrogens is 3. The molecule has 1 unspecified atom stereocenters. The van der Waals surface area contributed by atoms with E-state index in [1.807, 2.05) is 0 Å². The fourth-order valence-electron chi connectivity index (χ4n) is 4.60. The molecule has 41 heavy (non-hydrogen) atoms. The van der Waals surface area contributed by atoms with Crippen LogP contribution in [0, 0.1) is 5.82 Å². The molecule has 0 saturated heterocycles. The van der Waals surface area contributed by atoms with Crippen molar-refractivity contribution in [1.82, 2.24) is 15.2 Å². The van der Waals surface area contributed by atoms with E-state index in [0.717, 1.165) is 22.5 Å². The van der Waals surface area contributed by atoms with Gasteiger partial charge in [0, 0.05) is 12.0 Å². The van der Waals surface area contributed by atoms with Crippen LogP contribution in [0.1, 0.15) is 29.2 Å². The van der Waals surface area contributed by atoms with Gasteiger partial charge in [0.2, 0.25) is 0 Å². The van der Waals surface area contributed by atoms with Gasteiger partial charge in [0.1, 0.15) is 11.9 Å². The molecule has 14 heteroatoms. The molecular weight excluding hydrogens is 588 g/mol. The van der Waals surface area contributed by atoms with Gasteiger partial charge in [0.05, 0.1) is 27.7 Å². The van der Waals surface area contributed by atoms with Crippen molar-refractivity contribution in [3.8, 4) is 6.01 Å². The molecule has 8 nitrogen and oxygen atoms in total. The number of H-pyrrole nitrogens is 2. The summed E-state index contributed by atoms with van der Waals surface area (Å²) in [6, 6.07) is 12.4.